The fraction of sp³-hybridized carbons (Fsp3) is 0.231. The van der Waals surface area contributed by atoms with Gasteiger partial charge in [0.15, 0.2) is 0 Å². The number of benzene rings is 1. The number of thiophene rings is 1. The summed E-state index contributed by atoms with van der Waals surface area (Å²) < 4.78 is 13.4. The summed E-state index contributed by atoms with van der Waals surface area (Å²) in [6, 6.07) is 6.84. The maximum atomic E-state index is 13.4. The van der Waals surface area contributed by atoms with Crippen LogP contribution >= 0.6 is 22.9 Å². The summed E-state index contributed by atoms with van der Waals surface area (Å²) in [7, 11) is 1.85. The van der Waals surface area contributed by atoms with Crippen LogP contribution in [0.3, 0.4) is 0 Å². The Kier molecular flexibility index (Phi) is 3.82. The summed E-state index contributed by atoms with van der Waals surface area (Å²) in [5, 5.41) is 5.83. The molecule has 0 spiro atoms. The molecule has 1 unspecified atom stereocenters. The van der Waals surface area contributed by atoms with Crippen molar-refractivity contribution in [3.05, 3.63) is 56.5 Å². The number of nitrogens with one attached hydrogen (secondary N) is 1. The number of aryl methyl sites for hydroxylation is 1. The zero-order valence-corrected chi connectivity index (χ0v) is 11.2. The van der Waals surface area contributed by atoms with Crippen molar-refractivity contribution in [2.75, 3.05) is 7.05 Å². The highest BCUT2D eigenvalue weighted by Gasteiger charge is 2.17. The van der Waals surface area contributed by atoms with Gasteiger partial charge < -0.3 is 5.32 Å². The van der Waals surface area contributed by atoms with Crippen LogP contribution in [0.1, 0.15) is 22.0 Å². The molecule has 1 aromatic heterocycles. The van der Waals surface area contributed by atoms with Crippen LogP contribution in [0.25, 0.3) is 0 Å². The van der Waals surface area contributed by atoms with E-state index in [0.29, 0.717) is 0 Å². The Hall–Kier alpha value is -0.900. The molecule has 1 nitrogen and oxygen atoms in total. The van der Waals surface area contributed by atoms with E-state index in [2.05, 4.69) is 5.32 Å². The molecule has 90 valence electrons. The van der Waals surface area contributed by atoms with Gasteiger partial charge in [-0.1, -0.05) is 17.7 Å². The predicted molar refractivity (Wildman–Crippen MR) is 71.4 cm³/mol. The van der Waals surface area contributed by atoms with Crippen LogP contribution < -0.4 is 5.32 Å². The average Bonchev–Trinajstić information content (AvgIpc) is 2.65. The molecular weight excluding hydrogens is 257 g/mol. The zero-order chi connectivity index (χ0) is 12.4. The predicted octanol–water partition coefficient (Wildman–Crippen LogP) is 4.16. The van der Waals surface area contributed by atoms with Crippen molar-refractivity contribution in [1.82, 2.24) is 5.32 Å². The Balaban J connectivity index is 2.45. The summed E-state index contributed by atoms with van der Waals surface area (Å²) in [6.45, 7) is 1.88. The first-order chi connectivity index (χ1) is 8.11. The van der Waals surface area contributed by atoms with Gasteiger partial charge in [0.05, 0.1) is 11.1 Å². The van der Waals surface area contributed by atoms with E-state index in [-0.39, 0.29) is 11.9 Å². The van der Waals surface area contributed by atoms with Gasteiger partial charge >= 0.3 is 0 Å². The van der Waals surface area contributed by atoms with E-state index in [9.17, 15) is 4.39 Å². The van der Waals surface area contributed by atoms with Gasteiger partial charge in [-0.05, 0) is 48.7 Å². The lowest BCUT2D eigenvalue weighted by Gasteiger charge is -2.16. The summed E-state index contributed by atoms with van der Waals surface area (Å²) in [4.78, 5) is 1.01. The molecule has 0 radical (unpaired) electrons. The highest BCUT2D eigenvalue weighted by atomic mass is 35.5. The summed E-state index contributed by atoms with van der Waals surface area (Å²) in [5.41, 5.74) is 1.81. The fourth-order valence-electron chi connectivity index (χ4n) is 1.89. The van der Waals surface area contributed by atoms with Gasteiger partial charge in [0, 0.05) is 4.88 Å². The normalized spacial score (nSPS) is 12.7. The highest BCUT2D eigenvalue weighted by Crippen LogP contribution is 2.33. The van der Waals surface area contributed by atoms with Crippen molar-refractivity contribution < 1.29 is 4.39 Å². The molecule has 17 heavy (non-hydrogen) atoms. The van der Waals surface area contributed by atoms with Crippen LogP contribution in [0.4, 0.5) is 4.39 Å². The van der Waals surface area contributed by atoms with Crippen molar-refractivity contribution in [1.29, 1.82) is 0 Å². The van der Waals surface area contributed by atoms with Crippen molar-refractivity contribution >= 4 is 22.9 Å². The third kappa shape index (κ3) is 2.68. The van der Waals surface area contributed by atoms with E-state index in [4.69, 9.17) is 11.6 Å². The van der Waals surface area contributed by atoms with E-state index in [1.165, 1.54) is 6.07 Å². The van der Waals surface area contributed by atoms with Gasteiger partial charge in [0.1, 0.15) is 5.82 Å². The van der Waals surface area contributed by atoms with Gasteiger partial charge in [-0.2, -0.15) is 0 Å². The van der Waals surface area contributed by atoms with E-state index in [1.807, 2.05) is 31.5 Å². The molecule has 0 bridgehead atoms. The summed E-state index contributed by atoms with van der Waals surface area (Å²) in [5.74, 6) is -0.215. The molecule has 1 atom stereocenters. The minimum absolute atomic E-state index is 0.0584. The lowest BCUT2D eigenvalue weighted by molar-refractivity contribution is 0.616. The molecule has 2 aromatic rings. The van der Waals surface area contributed by atoms with E-state index in [1.54, 1.807) is 17.4 Å². The minimum atomic E-state index is -0.215. The first-order valence-corrected chi connectivity index (χ1v) is 6.55. The van der Waals surface area contributed by atoms with Gasteiger partial charge in [-0.15, -0.1) is 11.3 Å². The second-order valence-corrected chi connectivity index (χ2v) is 5.27. The molecule has 0 fully saturated rings. The molecule has 1 N–H and O–H groups in total. The number of rotatable bonds is 3. The number of halogens is 2. The molecular formula is C13H13ClFNS. The van der Waals surface area contributed by atoms with Crippen LogP contribution in [0.15, 0.2) is 29.6 Å². The molecule has 0 aliphatic rings. The Morgan fingerprint density at radius 1 is 1.35 bits per heavy atom. The van der Waals surface area contributed by atoms with Gasteiger partial charge in [-0.3, -0.25) is 0 Å². The molecule has 1 aromatic carbocycles. The average molecular weight is 270 g/mol. The topological polar surface area (TPSA) is 12.0 Å². The Bertz CT molecular complexity index is 504. The van der Waals surface area contributed by atoms with E-state index in [0.717, 1.165) is 21.0 Å². The Labute approximate surface area is 109 Å². The summed E-state index contributed by atoms with van der Waals surface area (Å²) >= 11 is 7.69. The third-order valence-corrected chi connectivity index (χ3v) is 4.02. The van der Waals surface area contributed by atoms with Gasteiger partial charge in [0.2, 0.25) is 0 Å². The molecule has 0 aliphatic heterocycles. The van der Waals surface area contributed by atoms with Crippen molar-refractivity contribution in [3.63, 3.8) is 0 Å². The van der Waals surface area contributed by atoms with Crippen molar-refractivity contribution in [3.8, 4) is 0 Å². The van der Waals surface area contributed by atoms with Gasteiger partial charge in [0.25, 0.3) is 0 Å². The molecule has 0 aliphatic carbocycles. The minimum Gasteiger partial charge on any atom is -0.309 e. The molecule has 4 heteroatoms. The molecule has 1 heterocycles. The van der Waals surface area contributed by atoms with Crippen molar-refractivity contribution in [2.45, 2.75) is 13.0 Å². The first-order valence-electron chi connectivity index (χ1n) is 5.29. The quantitative estimate of drug-likeness (QED) is 0.882. The molecule has 0 saturated carbocycles. The monoisotopic (exact) mass is 269 g/mol. The lowest BCUT2D eigenvalue weighted by Crippen LogP contribution is -2.17. The van der Waals surface area contributed by atoms with Crippen LogP contribution in [0.2, 0.25) is 5.02 Å². The zero-order valence-electron chi connectivity index (χ0n) is 9.63. The SMILES string of the molecule is CNC(c1cc(C)cc(F)c1)c1sccc1Cl. The van der Waals surface area contributed by atoms with Crippen LogP contribution in [-0.2, 0) is 0 Å². The second kappa shape index (κ2) is 5.17. The Morgan fingerprint density at radius 3 is 2.65 bits per heavy atom. The van der Waals surface area contributed by atoms with Crippen molar-refractivity contribution in [2.24, 2.45) is 0 Å². The van der Waals surface area contributed by atoms with Gasteiger partial charge in [-0.25, -0.2) is 4.39 Å². The van der Waals surface area contributed by atoms with E-state index >= 15 is 0 Å². The standard InChI is InChI=1S/C13H13ClFNS/c1-8-5-9(7-10(15)6-8)12(16-2)13-11(14)3-4-17-13/h3-7,12,16H,1-2H3. The number of hydrogen-bond acceptors (Lipinski definition) is 2. The second-order valence-electron chi connectivity index (χ2n) is 3.92. The maximum absolute atomic E-state index is 13.4. The molecule has 0 amide bonds. The smallest absolute Gasteiger partial charge is 0.123 e. The summed E-state index contributed by atoms with van der Waals surface area (Å²) in [6.07, 6.45) is 0. The largest absolute Gasteiger partial charge is 0.309 e. The third-order valence-electron chi connectivity index (χ3n) is 2.59. The highest BCUT2D eigenvalue weighted by molar-refractivity contribution is 7.10. The maximum Gasteiger partial charge on any atom is 0.123 e. The van der Waals surface area contributed by atoms with Crippen LogP contribution in [0, 0.1) is 12.7 Å². The van der Waals surface area contributed by atoms with Crippen LogP contribution in [-0.4, -0.2) is 7.05 Å². The molecule has 0 saturated heterocycles. The first kappa shape index (κ1) is 12.6. The van der Waals surface area contributed by atoms with Crippen LogP contribution in [0.5, 0.6) is 0 Å². The molecule has 2 rings (SSSR count). The number of hydrogen-bond donors (Lipinski definition) is 1. The van der Waals surface area contributed by atoms with E-state index < -0.39 is 0 Å². The fourth-order valence-corrected chi connectivity index (χ4v) is 3.19. The lowest BCUT2D eigenvalue weighted by atomic mass is 10.0. The Morgan fingerprint density at radius 2 is 2.12 bits per heavy atom.